The summed E-state index contributed by atoms with van der Waals surface area (Å²) in [4.78, 5) is 19.6. The maximum atomic E-state index is 12.6. The van der Waals surface area contributed by atoms with Gasteiger partial charge in [0.05, 0.1) is 18.2 Å². The topological polar surface area (TPSA) is 80.5 Å². The molecule has 1 saturated heterocycles. The molecule has 2 aliphatic rings. The van der Waals surface area contributed by atoms with Gasteiger partial charge in [-0.25, -0.2) is 4.98 Å². The number of thiazole rings is 1. The molecule has 0 bridgehead atoms. The molecule has 1 aromatic rings. The number of ether oxygens (including phenoxy) is 1. The molecule has 1 saturated carbocycles. The number of rotatable bonds is 6. The molecule has 1 aliphatic heterocycles. The van der Waals surface area contributed by atoms with Gasteiger partial charge in [-0.05, 0) is 26.3 Å². The van der Waals surface area contributed by atoms with Crippen LogP contribution in [0.25, 0.3) is 0 Å². The van der Waals surface area contributed by atoms with Crippen molar-refractivity contribution in [3.63, 3.8) is 0 Å². The first-order valence-electron chi connectivity index (χ1n) is 8.94. The smallest absolute Gasteiger partial charge is 0.271 e. The maximum Gasteiger partial charge on any atom is 0.271 e. The van der Waals surface area contributed by atoms with Crippen molar-refractivity contribution in [1.82, 2.24) is 15.2 Å². The zero-order valence-corrected chi connectivity index (χ0v) is 17.7. The Morgan fingerprint density at radius 1 is 1.38 bits per heavy atom. The van der Waals surface area contributed by atoms with Gasteiger partial charge in [-0.15, -0.1) is 36.2 Å². The largest absolute Gasteiger partial charge is 0.379 e. The maximum absolute atomic E-state index is 12.6. The molecule has 1 aliphatic carbocycles. The highest BCUT2D eigenvalue weighted by Crippen LogP contribution is 2.38. The minimum Gasteiger partial charge on any atom is -0.379 e. The number of hydrogen-bond acceptors (Lipinski definition) is 6. The molecular weight excluding hydrogens is 395 g/mol. The van der Waals surface area contributed by atoms with Crippen molar-refractivity contribution in [3.8, 4) is 0 Å². The van der Waals surface area contributed by atoms with Crippen molar-refractivity contribution in [3.05, 3.63) is 16.1 Å². The summed E-state index contributed by atoms with van der Waals surface area (Å²) in [6.07, 6.45) is 5.48. The fourth-order valence-electron chi connectivity index (χ4n) is 4.08. The SMILES string of the molecule is CC(NC(=O)c1csc(CCN)n1)C1(N2CCOCC2)CCCC1.Cl.Cl. The second-order valence-corrected chi connectivity index (χ2v) is 7.71. The predicted molar refractivity (Wildman–Crippen MR) is 110 cm³/mol. The summed E-state index contributed by atoms with van der Waals surface area (Å²) < 4.78 is 5.51. The van der Waals surface area contributed by atoms with E-state index in [1.807, 2.05) is 5.38 Å². The molecule has 1 unspecified atom stereocenters. The lowest BCUT2D eigenvalue weighted by Crippen LogP contribution is -2.62. The molecule has 0 aromatic carbocycles. The van der Waals surface area contributed by atoms with Gasteiger partial charge in [0.15, 0.2) is 0 Å². The van der Waals surface area contributed by atoms with E-state index < -0.39 is 0 Å². The van der Waals surface area contributed by atoms with Crippen molar-refractivity contribution < 1.29 is 9.53 Å². The zero-order chi connectivity index (χ0) is 17.0. The summed E-state index contributed by atoms with van der Waals surface area (Å²) in [5.74, 6) is -0.0680. The van der Waals surface area contributed by atoms with Gasteiger partial charge in [0, 0.05) is 36.5 Å². The molecule has 9 heteroatoms. The van der Waals surface area contributed by atoms with Crippen LogP contribution in [0.15, 0.2) is 5.38 Å². The minimum atomic E-state index is -0.0680. The summed E-state index contributed by atoms with van der Waals surface area (Å²) in [6.45, 7) is 6.19. The van der Waals surface area contributed by atoms with Crippen molar-refractivity contribution in [2.45, 2.75) is 50.6 Å². The van der Waals surface area contributed by atoms with E-state index in [2.05, 4.69) is 22.1 Å². The third kappa shape index (κ3) is 5.09. The van der Waals surface area contributed by atoms with Gasteiger partial charge in [0.2, 0.25) is 0 Å². The molecule has 3 N–H and O–H groups in total. The Balaban J connectivity index is 0.00000169. The van der Waals surface area contributed by atoms with E-state index in [1.165, 1.54) is 24.2 Å². The van der Waals surface area contributed by atoms with Gasteiger partial charge in [0.25, 0.3) is 5.91 Å². The van der Waals surface area contributed by atoms with Crippen LogP contribution in [0.5, 0.6) is 0 Å². The number of morpholine rings is 1. The van der Waals surface area contributed by atoms with Crippen molar-refractivity contribution in [1.29, 1.82) is 0 Å². The van der Waals surface area contributed by atoms with Crippen LogP contribution < -0.4 is 11.1 Å². The van der Waals surface area contributed by atoms with Crippen molar-refractivity contribution in [2.24, 2.45) is 5.73 Å². The number of nitrogens with two attached hydrogens (primary N) is 1. The number of halogens is 2. The number of nitrogens with zero attached hydrogens (tertiary/aromatic N) is 2. The average molecular weight is 425 g/mol. The average Bonchev–Trinajstić information content (AvgIpc) is 3.26. The van der Waals surface area contributed by atoms with Crippen LogP contribution in [0.2, 0.25) is 0 Å². The van der Waals surface area contributed by atoms with Gasteiger partial charge in [-0.2, -0.15) is 0 Å². The predicted octanol–water partition coefficient (Wildman–Crippen LogP) is 2.25. The lowest BCUT2D eigenvalue weighted by Gasteiger charge is -2.47. The zero-order valence-electron chi connectivity index (χ0n) is 15.2. The summed E-state index contributed by atoms with van der Waals surface area (Å²) in [5, 5.41) is 5.99. The quantitative estimate of drug-likeness (QED) is 0.731. The minimum absolute atomic E-state index is 0. The number of nitrogens with one attached hydrogen (secondary N) is 1. The lowest BCUT2D eigenvalue weighted by atomic mass is 9.86. The highest BCUT2D eigenvalue weighted by atomic mass is 35.5. The second kappa shape index (κ2) is 10.8. The normalized spacial score (nSPS) is 20.7. The summed E-state index contributed by atoms with van der Waals surface area (Å²) >= 11 is 1.51. The second-order valence-electron chi connectivity index (χ2n) is 6.77. The van der Waals surface area contributed by atoms with E-state index in [9.17, 15) is 4.79 Å². The standard InChI is InChI=1S/C17H28N4O2S.2ClH/c1-13(19-16(22)14-12-24-15(20-14)4-7-18)17(5-2-3-6-17)21-8-10-23-11-9-21;;/h12-13H,2-11,18H2,1H3,(H,19,22);2*1H. The van der Waals surface area contributed by atoms with E-state index in [4.69, 9.17) is 10.5 Å². The third-order valence-electron chi connectivity index (χ3n) is 5.41. The molecule has 0 radical (unpaired) electrons. The van der Waals surface area contributed by atoms with Crippen LogP contribution >= 0.6 is 36.2 Å². The Morgan fingerprint density at radius 2 is 2.04 bits per heavy atom. The highest BCUT2D eigenvalue weighted by molar-refractivity contribution is 7.09. The van der Waals surface area contributed by atoms with Gasteiger partial charge >= 0.3 is 0 Å². The van der Waals surface area contributed by atoms with Crippen LogP contribution in [0.4, 0.5) is 0 Å². The highest BCUT2D eigenvalue weighted by Gasteiger charge is 2.45. The van der Waals surface area contributed by atoms with Gasteiger partial charge in [-0.3, -0.25) is 9.69 Å². The molecule has 6 nitrogen and oxygen atoms in total. The van der Waals surface area contributed by atoms with Gasteiger partial charge in [-0.1, -0.05) is 12.8 Å². The van der Waals surface area contributed by atoms with Gasteiger partial charge < -0.3 is 15.8 Å². The monoisotopic (exact) mass is 424 g/mol. The van der Waals surface area contributed by atoms with Crippen LogP contribution in [0.1, 0.15) is 48.1 Å². The van der Waals surface area contributed by atoms with Crippen LogP contribution in [0, 0.1) is 0 Å². The molecule has 26 heavy (non-hydrogen) atoms. The number of aromatic nitrogens is 1. The Bertz CT molecular complexity index is 561. The molecule has 150 valence electrons. The number of amides is 1. The number of carbonyl (C=O) groups excluding carboxylic acids is 1. The van der Waals surface area contributed by atoms with E-state index in [0.717, 1.165) is 50.6 Å². The van der Waals surface area contributed by atoms with Crippen molar-refractivity contribution >= 4 is 42.1 Å². The first-order valence-corrected chi connectivity index (χ1v) is 9.82. The molecule has 1 amide bonds. The number of carbonyl (C=O) groups is 1. The van der Waals surface area contributed by atoms with Crippen molar-refractivity contribution in [2.75, 3.05) is 32.8 Å². The molecular formula is C17H30Cl2N4O2S. The Hall–Kier alpha value is -0.440. The van der Waals surface area contributed by atoms with Crippen LogP contribution in [0.3, 0.4) is 0 Å². The first-order chi connectivity index (χ1) is 11.7. The molecule has 2 fully saturated rings. The lowest BCUT2D eigenvalue weighted by molar-refractivity contribution is -0.0323. The Labute approximate surface area is 172 Å². The van der Waals surface area contributed by atoms with E-state index in [0.29, 0.717) is 12.2 Å². The summed E-state index contributed by atoms with van der Waals surface area (Å²) in [6, 6.07) is 0.102. The van der Waals surface area contributed by atoms with Gasteiger partial charge in [0.1, 0.15) is 5.69 Å². The fraction of sp³-hybridized carbons (Fsp3) is 0.765. The van der Waals surface area contributed by atoms with Crippen LogP contribution in [-0.4, -0.2) is 60.2 Å². The Morgan fingerprint density at radius 3 is 2.65 bits per heavy atom. The molecule has 3 rings (SSSR count). The number of hydrogen-bond donors (Lipinski definition) is 2. The summed E-state index contributed by atoms with van der Waals surface area (Å²) in [7, 11) is 0. The first kappa shape index (κ1) is 23.6. The fourth-order valence-corrected chi connectivity index (χ4v) is 4.87. The molecule has 1 aromatic heterocycles. The third-order valence-corrected chi connectivity index (χ3v) is 6.32. The van der Waals surface area contributed by atoms with Crippen LogP contribution in [-0.2, 0) is 11.2 Å². The molecule has 2 heterocycles. The molecule has 0 spiro atoms. The van der Waals surface area contributed by atoms with E-state index in [1.54, 1.807) is 0 Å². The Kier molecular flexibility index (Phi) is 9.79. The van der Waals surface area contributed by atoms with E-state index >= 15 is 0 Å². The molecule has 1 atom stereocenters. The summed E-state index contributed by atoms with van der Waals surface area (Å²) in [5.41, 5.74) is 6.14. The van der Waals surface area contributed by atoms with E-state index in [-0.39, 0.29) is 42.3 Å².